The quantitative estimate of drug-likeness (QED) is 0.555. The minimum absolute atomic E-state index is 0.0391. The largest absolute Gasteiger partial charge is 0.497 e. The highest BCUT2D eigenvalue weighted by Crippen LogP contribution is 2.38. The van der Waals surface area contributed by atoms with Crippen LogP contribution in [-0.2, 0) is 4.79 Å². The molecule has 7 nitrogen and oxygen atoms in total. The van der Waals surface area contributed by atoms with Crippen LogP contribution >= 0.6 is 0 Å². The molecule has 0 spiro atoms. The first-order chi connectivity index (χ1) is 15.4. The number of piperidine rings is 1. The molecule has 2 aromatic carbocycles. The molecule has 1 unspecified atom stereocenters. The summed E-state index contributed by atoms with van der Waals surface area (Å²) >= 11 is 0. The molecule has 0 aliphatic carbocycles. The standard InChI is InChI=1S/C25H29N3O4/c1-15(29)16-5-6-22-21(13-16)23(25(30)27-22)24(26-18-7-9-28(2)10-8-18)17-11-19(31-3)14-20(12-17)32-4/h5-6,11-14,18,23H,7-10H2,1-4H3,(H,27,30). The van der Waals surface area contributed by atoms with E-state index in [1.807, 2.05) is 18.2 Å². The van der Waals surface area contributed by atoms with Crippen molar-refractivity contribution in [2.75, 3.05) is 39.7 Å². The van der Waals surface area contributed by atoms with E-state index in [1.165, 1.54) is 6.92 Å². The van der Waals surface area contributed by atoms with Gasteiger partial charge in [-0.1, -0.05) is 0 Å². The maximum Gasteiger partial charge on any atom is 0.238 e. The molecule has 7 heteroatoms. The van der Waals surface area contributed by atoms with Gasteiger partial charge in [0.1, 0.15) is 17.4 Å². The number of carbonyl (C=O) groups is 2. The van der Waals surface area contributed by atoms with Crippen LogP contribution in [0.15, 0.2) is 41.4 Å². The van der Waals surface area contributed by atoms with Crippen molar-refractivity contribution in [1.82, 2.24) is 4.90 Å². The lowest BCUT2D eigenvalue weighted by Gasteiger charge is -2.28. The average Bonchev–Trinajstić information content (AvgIpc) is 3.12. The van der Waals surface area contributed by atoms with Gasteiger partial charge in [0.2, 0.25) is 5.91 Å². The second-order valence-electron chi connectivity index (χ2n) is 8.43. The number of fused-ring (bicyclic) bond motifs is 1. The van der Waals surface area contributed by atoms with E-state index in [9.17, 15) is 9.59 Å². The van der Waals surface area contributed by atoms with Crippen LogP contribution in [-0.4, -0.2) is 62.7 Å². The summed E-state index contributed by atoms with van der Waals surface area (Å²) in [5.41, 5.74) is 3.52. The predicted octanol–water partition coefficient (Wildman–Crippen LogP) is 3.53. The third-order valence-corrected chi connectivity index (χ3v) is 6.22. The third-order valence-electron chi connectivity index (χ3n) is 6.22. The van der Waals surface area contributed by atoms with Crippen molar-refractivity contribution in [3.8, 4) is 11.5 Å². The van der Waals surface area contributed by atoms with E-state index in [-0.39, 0.29) is 17.7 Å². The summed E-state index contributed by atoms with van der Waals surface area (Å²) in [6.45, 7) is 3.46. The molecule has 0 saturated carbocycles. The molecule has 1 saturated heterocycles. The summed E-state index contributed by atoms with van der Waals surface area (Å²) in [5, 5.41) is 2.96. The number of nitrogens with one attached hydrogen (secondary N) is 1. The van der Waals surface area contributed by atoms with Gasteiger partial charge in [-0.2, -0.15) is 0 Å². The Morgan fingerprint density at radius 3 is 2.28 bits per heavy atom. The number of ether oxygens (including phenoxy) is 2. The Labute approximate surface area is 188 Å². The lowest BCUT2D eigenvalue weighted by Crippen LogP contribution is -2.33. The summed E-state index contributed by atoms with van der Waals surface area (Å²) in [6, 6.07) is 11.0. The van der Waals surface area contributed by atoms with Crippen molar-refractivity contribution < 1.29 is 19.1 Å². The smallest absolute Gasteiger partial charge is 0.238 e. The van der Waals surface area contributed by atoms with Crippen LogP contribution < -0.4 is 14.8 Å². The normalized spacial score (nSPS) is 19.4. The van der Waals surface area contributed by atoms with Gasteiger partial charge in [0, 0.05) is 22.9 Å². The number of amides is 1. The Hall–Kier alpha value is -3.19. The van der Waals surface area contributed by atoms with Crippen LogP contribution in [0.5, 0.6) is 11.5 Å². The SMILES string of the molecule is COc1cc(OC)cc(C(=NC2CCN(C)CC2)C2C(=O)Nc3ccc(C(C)=O)cc32)c1. The molecule has 0 radical (unpaired) electrons. The van der Waals surface area contributed by atoms with E-state index in [0.29, 0.717) is 22.8 Å². The minimum atomic E-state index is -0.610. The number of hydrogen-bond acceptors (Lipinski definition) is 6. The number of rotatable bonds is 6. The fourth-order valence-corrected chi connectivity index (χ4v) is 4.34. The topological polar surface area (TPSA) is 80.2 Å². The maximum absolute atomic E-state index is 13.2. The Kier molecular flexibility index (Phi) is 6.28. The zero-order chi connectivity index (χ0) is 22.8. The molecular weight excluding hydrogens is 406 g/mol. The lowest BCUT2D eigenvalue weighted by molar-refractivity contribution is -0.115. The van der Waals surface area contributed by atoms with Crippen molar-refractivity contribution in [3.05, 3.63) is 53.1 Å². The molecule has 1 atom stereocenters. The zero-order valence-electron chi connectivity index (χ0n) is 19.0. The van der Waals surface area contributed by atoms with Crippen LogP contribution in [0.2, 0.25) is 0 Å². The number of hydrogen-bond donors (Lipinski definition) is 1. The number of Topliss-reactive ketones (excluding diaryl/α,β-unsaturated/α-hetero) is 1. The monoisotopic (exact) mass is 435 g/mol. The Bertz CT molecular complexity index is 1050. The molecule has 2 aliphatic rings. The van der Waals surface area contributed by atoms with E-state index in [1.54, 1.807) is 32.4 Å². The van der Waals surface area contributed by atoms with Crippen molar-refractivity contribution in [2.24, 2.45) is 4.99 Å². The Morgan fingerprint density at radius 2 is 1.69 bits per heavy atom. The Morgan fingerprint density at radius 1 is 1.03 bits per heavy atom. The van der Waals surface area contributed by atoms with Crippen LogP contribution in [0.25, 0.3) is 0 Å². The van der Waals surface area contributed by atoms with Gasteiger partial charge in [-0.15, -0.1) is 0 Å². The van der Waals surface area contributed by atoms with Gasteiger partial charge in [-0.3, -0.25) is 14.6 Å². The molecule has 1 amide bonds. The van der Waals surface area contributed by atoms with Gasteiger partial charge in [0.15, 0.2) is 5.78 Å². The maximum atomic E-state index is 13.2. The number of anilines is 1. The molecule has 4 rings (SSSR count). The van der Waals surface area contributed by atoms with Crippen LogP contribution in [0, 0.1) is 0 Å². The highest BCUT2D eigenvalue weighted by atomic mass is 16.5. The summed E-state index contributed by atoms with van der Waals surface area (Å²) in [5.74, 6) is 0.468. The van der Waals surface area contributed by atoms with E-state index >= 15 is 0 Å². The Balaban J connectivity index is 1.85. The fourth-order valence-electron chi connectivity index (χ4n) is 4.34. The van der Waals surface area contributed by atoms with Gasteiger partial charge in [0.05, 0.1) is 26.0 Å². The van der Waals surface area contributed by atoms with Crippen molar-refractivity contribution >= 4 is 23.1 Å². The van der Waals surface area contributed by atoms with Gasteiger partial charge in [0.25, 0.3) is 0 Å². The fraction of sp³-hybridized carbons (Fsp3) is 0.400. The summed E-state index contributed by atoms with van der Waals surface area (Å²) in [4.78, 5) is 32.6. The molecule has 2 heterocycles. The number of nitrogens with zero attached hydrogens (tertiary/aromatic N) is 2. The number of carbonyl (C=O) groups excluding carboxylic acids is 2. The first-order valence-corrected chi connectivity index (χ1v) is 10.8. The van der Waals surface area contributed by atoms with Crippen molar-refractivity contribution in [1.29, 1.82) is 0 Å². The van der Waals surface area contributed by atoms with Gasteiger partial charge >= 0.3 is 0 Å². The van der Waals surface area contributed by atoms with Gasteiger partial charge < -0.3 is 19.7 Å². The van der Waals surface area contributed by atoms with Gasteiger partial charge in [-0.05, 0) is 75.8 Å². The van der Waals surface area contributed by atoms with Crippen molar-refractivity contribution in [2.45, 2.75) is 31.7 Å². The lowest BCUT2D eigenvalue weighted by atomic mass is 9.88. The second-order valence-corrected chi connectivity index (χ2v) is 8.43. The zero-order valence-corrected chi connectivity index (χ0v) is 19.0. The number of aliphatic imine (C=N–C) groups is 1. The van der Waals surface area contributed by atoms with Crippen LogP contribution in [0.1, 0.15) is 47.2 Å². The molecule has 2 aliphatic heterocycles. The van der Waals surface area contributed by atoms with E-state index in [0.717, 1.165) is 42.7 Å². The predicted molar refractivity (Wildman–Crippen MR) is 124 cm³/mol. The summed E-state index contributed by atoms with van der Waals surface area (Å²) in [6.07, 6.45) is 1.85. The molecule has 168 valence electrons. The number of likely N-dealkylation sites (tertiary alicyclic amines) is 1. The summed E-state index contributed by atoms with van der Waals surface area (Å²) < 4.78 is 10.9. The molecule has 1 fully saturated rings. The highest BCUT2D eigenvalue weighted by molar-refractivity contribution is 6.24. The second kappa shape index (κ2) is 9.12. The van der Waals surface area contributed by atoms with E-state index in [4.69, 9.17) is 14.5 Å². The number of methoxy groups -OCH3 is 2. The highest BCUT2D eigenvalue weighted by Gasteiger charge is 2.36. The average molecular weight is 436 g/mol. The molecule has 0 bridgehead atoms. The van der Waals surface area contributed by atoms with Gasteiger partial charge in [-0.25, -0.2) is 0 Å². The molecular formula is C25H29N3O4. The van der Waals surface area contributed by atoms with Crippen LogP contribution in [0.4, 0.5) is 5.69 Å². The molecule has 1 N–H and O–H groups in total. The van der Waals surface area contributed by atoms with E-state index < -0.39 is 5.92 Å². The first kappa shape index (κ1) is 22.0. The van der Waals surface area contributed by atoms with Crippen molar-refractivity contribution in [3.63, 3.8) is 0 Å². The molecule has 32 heavy (non-hydrogen) atoms. The van der Waals surface area contributed by atoms with E-state index in [2.05, 4.69) is 17.3 Å². The van der Waals surface area contributed by atoms with Crippen LogP contribution in [0.3, 0.4) is 0 Å². The first-order valence-electron chi connectivity index (χ1n) is 10.8. The minimum Gasteiger partial charge on any atom is -0.497 e. The molecule has 0 aromatic heterocycles. The number of benzene rings is 2. The summed E-state index contributed by atoms with van der Waals surface area (Å²) in [7, 11) is 5.31. The molecule has 2 aromatic rings. The third kappa shape index (κ3) is 4.39. The number of ketones is 1.